The van der Waals surface area contributed by atoms with Crippen LogP contribution >= 0.6 is 11.6 Å². The van der Waals surface area contributed by atoms with Crippen molar-refractivity contribution >= 4 is 11.6 Å². The van der Waals surface area contributed by atoms with Gasteiger partial charge in [0.15, 0.2) is 0 Å². The van der Waals surface area contributed by atoms with Gasteiger partial charge in [-0.05, 0) is 44.0 Å². The van der Waals surface area contributed by atoms with Crippen LogP contribution in [0.15, 0.2) is 36.4 Å². The summed E-state index contributed by atoms with van der Waals surface area (Å²) in [6.07, 6.45) is 0. The Labute approximate surface area is 113 Å². The quantitative estimate of drug-likeness (QED) is 0.694. The van der Waals surface area contributed by atoms with Crippen molar-refractivity contribution in [1.82, 2.24) is 0 Å². The third-order valence-electron chi connectivity index (χ3n) is 3.13. The number of benzene rings is 2. The molecular weight excluding hydrogens is 244 g/mol. The lowest BCUT2D eigenvalue weighted by Crippen LogP contribution is -1.93. The van der Waals surface area contributed by atoms with Crippen LogP contribution in [0.3, 0.4) is 0 Å². The first-order chi connectivity index (χ1) is 8.61. The van der Waals surface area contributed by atoms with E-state index in [0.717, 1.165) is 17.1 Å². The minimum atomic E-state index is 0.460. The maximum atomic E-state index is 5.98. The molecule has 0 radical (unpaired) electrons. The lowest BCUT2D eigenvalue weighted by atomic mass is 10.1. The van der Waals surface area contributed by atoms with Crippen LogP contribution in [0.25, 0.3) is 0 Å². The fourth-order valence-corrected chi connectivity index (χ4v) is 2.07. The molecule has 2 aromatic rings. The van der Waals surface area contributed by atoms with E-state index in [-0.39, 0.29) is 0 Å². The minimum absolute atomic E-state index is 0.460. The zero-order chi connectivity index (χ0) is 13.1. The lowest BCUT2D eigenvalue weighted by molar-refractivity contribution is 0.474. The molecular formula is C16H17ClO. The first-order valence-corrected chi connectivity index (χ1v) is 6.55. The standard InChI is InChI=1S/C16H17ClO/c1-11-7-8-16(14(9-11)10-17)18-15-6-4-5-12(2)13(15)3/h4-9H,10H2,1-3H3. The third-order valence-corrected chi connectivity index (χ3v) is 3.42. The van der Waals surface area contributed by atoms with E-state index in [1.54, 1.807) is 0 Å². The number of alkyl halides is 1. The molecule has 0 aromatic heterocycles. The Morgan fingerprint density at radius 1 is 1.00 bits per heavy atom. The molecule has 0 fully saturated rings. The Bertz CT molecular complexity index is 561. The third kappa shape index (κ3) is 2.68. The fourth-order valence-electron chi connectivity index (χ4n) is 1.87. The van der Waals surface area contributed by atoms with Gasteiger partial charge in [-0.25, -0.2) is 0 Å². The van der Waals surface area contributed by atoms with Crippen molar-refractivity contribution in [2.45, 2.75) is 26.7 Å². The highest BCUT2D eigenvalue weighted by atomic mass is 35.5. The molecule has 94 valence electrons. The average Bonchev–Trinajstić information content (AvgIpc) is 2.37. The SMILES string of the molecule is Cc1ccc(Oc2cccc(C)c2C)c(CCl)c1. The van der Waals surface area contributed by atoms with Gasteiger partial charge in [0.05, 0.1) is 5.88 Å². The first kappa shape index (κ1) is 13.0. The summed E-state index contributed by atoms with van der Waals surface area (Å²) < 4.78 is 5.98. The van der Waals surface area contributed by atoms with Crippen LogP contribution in [-0.2, 0) is 5.88 Å². The summed E-state index contributed by atoms with van der Waals surface area (Å²) >= 11 is 5.96. The van der Waals surface area contributed by atoms with Gasteiger partial charge in [0.1, 0.15) is 11.5 Å². The zero-order valence-corrected chi connectivity index (χ0v) is 11.7. The Hall–Kier alpha value is -1.47. The smallest absolute Gasteiger partial charge is 0.131 e. The van der Waals surface area contributed by atoms with Crippen LogP contribution in [0, 0.1) is 20.8 Å². The van der Waals surface area contributed by atoms with Crippen molar-refractivity contribution in [1.29, 1.82) is 0 Å². The van der Waals surface area contributed by atoms with Gasteiger partial charge in [0, 0.05) is 5.56 Å². The van der Waals surface area contributed by atoms with Crippen molar-refractivity contribution in [3.63, 3.8) is 0 Å². The second-order valence-corrected chi connectivity index (χ2v) is 4.81. The molecule has 0 atom stereocenters. The maximum absolute atomic E-state index is 5.98. The normalized spacial score (nSPS) is 10.4. The molecule has 0 unspecified atom stereocenters. The summed E-state index contributed by atoms with van der Waals surface area (Å²) in [6.45, 7) is 6.21. The van der Waals surface area contributed by atoms with Crippen molar-refractivity contribution in [2.75, 3.05) is 0 Å². The van der Waals surface area contributed by atoms with E-state index in [2.05, 4.69) is 32.9 Å². The van der Waals surface area contributed by atoms with Gasteiger partial charge in [0.25, 0.3) is 0 Å². The van der Waals surface area contributed by atoms with Gasteiger partial charge >= 0.3 is 0 Å². The summed E-state index contributed by atoms with van der Waals surface area (Å²) in [4.78, 5) is 0. The van der Waals surface area contributed by atoms with E-state index < -0.39 is 0 Å². The number of hydrogen-bond donors (Lipinski definition) is 0. The van der Waals surface area contributed by atoms with Crippen molar-refractivity contribution in [3.8, 4) is 11.5 Å². The van der Waals surface area contributed by atoms with E-state index in [1.807, 2.05) is 24.3 Å². The molecule has 0 heterocycles. The zero-order valence-electron chi connectivity index (χ0n) is 11.0. The topological polar surface area (TPSA) is 9.23 Å². The van der Waals surface area contributed by atoms with Gasteiger partial charge in [0.2, 0.25) is 0 Å². The maximum Gasteiger partial charge on any atom is 0.131 e. The van der Waals surface area contributed by atoms with Crippen molar-refractivity contribution < 1.29 is 4.74 Å². The van der Waals surface area contributed by atoms with E-state index in [4.69, 9.17) is 16.3 Å². The Balaban J connectivity index is 2.37. The van der Waals surface area contributed by atoms with Crippen LogP contribution in [0.5, 0.6) is 11.5 Å². The van der Waals surface area contributed by atoms with Gasteiger partial charge in [-0.1, -0.05) is 29.8 Å². The first-order valence-electron chi connectivity index (χ1n) is 6.01. The molecule has 2 rings (SSSR count). The molecule has 2 aromatic carbocycles. The van der Waals surface area contributed by atoms with Crippen LogP contribution in [-0.4, -0.2) is 0 Å². The summed E-state index contributed by atoms with van der Waals surface area (Å²) in [6, 6.07) is 12.2. The molecule has 0 aliphatic carbocycles. The van der Waals surface area contributed by atoms with Crippen LogP contribution in [0.4, 0.5) is 0 Å². The van der Waals surface area contributed by atoms with Crippen molar-refractivity contribution in [3.05, 3.63) is 58.7 Å². The second kappa shape index (κ2) is 5.45. The highest BCUT2D eigenvalue weighted by Crippen LogP contribution is 2.30. The van der Waals surface area contributed by atoms with Gasteiger partial charge in [-0.2, -0.15) is 0 Å². The second-order valence-electron chi connectivity index (χ2n) is 4.54. The number of hydrogen-bond acceptors (Lipinski definition) is 1. The molecule has 1 nitrogen and oxygen atoms in total. The molecule has 0 saturated heterocycles. The summed E-state index contributed by atoms with van der Waals surface area (Å²) in [5.41, 5.74) is 4.61. The van der Waals surface area contributed by atoms with Crippen molar-refractivity contribution in [2.24, 2.45) is 0 Å². The van der Waals surface area contributed by atoms with Gasteiger partial charge in [-0.3, -0.25) is 0 Å². The highest BCUT2D eigenvalue weighted by molar-refractivity contribution is 6.17. The molecule has 0 amide bonds. The van der Waals surface area contributed by atoms with E-state index >= 15 is 0 Å². The molecule has 18 heavy (non-hydrogen) atoms. The molecule has 0 saturated carbocycles. The van der Waals surface area contributed by atoms with Gasteiger partial charge in [-0.15, -0.1) is 11.6 Å². The van der Waals surface area contributed by atoms with E-state index in [0.29, 0.717) is 5.88 Å². The minimum Gasteiger partial charge on any atom is -0.457 e. The summed E-state index contributed by atoms with van der Waals surface area (Å²) in [5, 5.41) is 0. The number of aryl methyl sites for hydroxylation is 2. The number of ether oxygens (including phenoxy) is 1. The largest absolute Gasteiger partial charge is 0.457 e. The molecule has 0 aliphatic rings. The molecule has 0 N–H and O–H groups in total. The molecule has 2 heteroatoms. The van der Waals surface area contributed by atoms with Gasteiger partial charge < -0.3 is 4.74 Å². The summed E-state index contributed by atoms with van der Waals surface area (Å²) in [7, 11) is 0. The van der Waals surface area contributed by atoms with Crippen LogP contribution in [0.1, 0.15) is 22.3 Å². The molecule has 0 spiro atoms. The predicted molar refractivity (Wildman–Crippen MR) is 76.7 cm³/mol. The highest BCUT2D eigenvalue weighted by Gasteiger charge is 2.07. The van der Waals surface area contributed by atoms with Crippen LogP contribution in [0.2, 0.25) is 0 Å². The Morgan fingerprint density at radius 2 is 1.78 bits per heavy atom. The molecule has 0 aliphatic heterocycles. The van der Waals surface area contributed by atoms with E-state index in [9.17, 15) is 0 Å². The van der Waals surface area contributed by atoms with E-state index in [1.165, 1.54) is 16.7 Å². The average molecular weight is 261 g/mol. The fraction of sp³-hybridized carbons (Fsp3) is 0.250. The summed E-state index contributed by atoms with van der Waals surface area (Å²) in [5.74, 6) is 2.19. The monoisotopic (exact) mass is 260 g/mol. The molecule has 0 bridgehead atoms. The Kier molecular flexibility index (Phi) is 3.93. The predicted octanol–water partition coefficient (Wildman–Crippen LogP) is 5.14. The lowest BCUT2D eigenvalue weighted by Gasteiger charge is -2.13. The number of halogens is 1. The number of rotatable bonds is 3. The van der Waals surface area contributed by atoms with Crippen LogP contribution < -0.4 is 4.74 Å². The Morgan fingerprint density at radius 3 is 2.50 bits per heavy atom.